The Balaban J connectivity index is 1.54. The van der Waals surface area contributed by atoms with Crippen molar-refractivity contribution in [3.8, 4) is 5.75 Å². The molecule has 0 fully saturated rings. The predicted molar refractivity (Wildman–Crippen MR) is 143 cm³/mol. The molecule has 186 valence electrons. The highest BCUT2D eigenvalue weighted by Gasteiger charge is 2.22. The lowest BCUT2D eigenvalue weighted by Crippen LogP contribution is -2.23. The molecule has 0 saturated heterocycles. The summed E-state index contributed by atoms with van der Waals surface area (Å²) in [7, 11) is -2.37. The monoisotopic (exact) mass is 493 g/mol. The van der Waals surface area contributed by atoms with E-state index in [2.05, 4.69) is 53.8 Å². The molecule has 3 rings (SSSR count). The van der Waals surface area contributed by atoms with E-state index in [-0.39, 0.29) is 0 Å². The first-order chi connectivity index (χ1) is 17.0. The van der Waals surface area contributed by atoms with E-state index in [1.54, 1.807) is 0 Å². The lowest BCUT2D eigenvalue weighted by molar-refractivity contribution is 0.193. The van der Waals surface area contributed by atoms with Gasteiger partial charge in [-0.15, -0.1) is 0 Å². The third-order valence-electron chi connectivity index (χ3n) is 6.01. The second kappa shape index (κ2) is 14.4. The maximum Gasteiger partial charge on any atom is 0.404 e. The Hall–Kier alpha value is -3.04. The highest BCUT2D eigenvalue weighted by molar-refractivity contribution is 7.63. The molecule has 6 heteroatoms. The van der Waals surface area contributed by atoms with E-state index in [4.69, 9.17) is 9.84 Å². The van der Waals surface area contributed by atoms with Gasteiger partial charge in [0.1, 0.15) is 5.75 Å². The standard InChI is InChI=1S/C29H36NO4P/c31-29(32)30-20-9-21-34-28-18-16-27(17-19-28)24-35(33,22-7-14-25-10-3-1-4-11-25)23-8-15-26-12-5-2-6-13-26/h1-6,10-13,16-19,30H,7-9,14-15,20-24H2,(H,31,32). The number of hydrogen-bond acceptors (Lipinski definition) is 3. The zero-order valence-corrected chi connectivity index (χ0v) is 21.2. The summed E-state index contributed by atoms with van der Waals surface area (Å²) in [6.07, 6.45) is 5.46. The highest BCUT2D eigenvalue weighted by atomic mass is 31.2. The number of carbonyl (C=O) groups is 1. The molecule has 0 aliphatic carbocycles. The van der Waals surface area contributed by atoms with E-state index < -0.39 is 13.2 Å². The zero-order chi connectivity index (χ0) is 24.8. The molecule has 3 aromatic rings. The quantitative estimate of drug-likeness (QED) is 0.179. The van der Waals surface area contributed by atoms with Crippen molar-refractivity contribution in [1.82, 2.24) is 5.32 Å². The second-order valence-electron chi connectivity index (χ2n) is 8.92. The summed E-state index contributed by atoms with van der Waals surface area (Å²) in [6, 6.07) is 28.7. The number of benzene rings is 3. The zero-order valence-electron chi connectivity index (χ0n) is 20.3. The van der Waals surface area contributed by atoms with Crippen LogP contribution in [0.5, 0.6) is 5.75 Å². The van der Waals surface area contributed by atoms with E-state index >= 15 is 0 Å². The molecule has 0 saturated carbocycles. The van der Waals surface area contributed by atoms with Crippen LogP contribution in [-0.4, -0.2) is 36.7 Å². The first-order valence-corrected chi connectivity index (χ1v) is 14.6. The summed E-state index contributed by atoms with van der Waals surface area (Å²) in [6.45, 7) is 0.805. The summed E-state index contributed by atoms with van der Waals surface area (Å²) in [5.41, 5.74) is 3.67. The minimum absolute atomic E-state index is 0.364. The molecule has 0 atom stereocenters. The summed E-state index contributed by atoms with van der Waals surface area (Å²) in [4.78, 5) is 10.5. The summed E-state index contributed by atoms with van der Waals surface area (Å²) in [5, 5.41) is 10.9. The fraction of sp³-hybridized carbons (Fsp3) is 0.345. The molecule has 1 amide bonds. The van der Waals surface area contributed by atoms with Crippen LogP contribution in [-0.2, 0) is 23.6 Å². The Labute approximate surface area is 208 Å². The molecule has 0 heterocycles. The van der Waals surface area contributed by atoms with Gasteiger partial charge in [0.15, 0.2) is 0 Å². The van der Waals surface area contributed by atoms with Crippen molar-refractivity contribution in [1.29, 1.82) is 0 Å². The molecule has 0 bridgehead atoms. The average Bonchev–Trinajstić information content (AvgIpc) is 2.86. The van der Waals surface area contributed by atoms with Crippen molar-refractivity contribution in [3.63, 3.8) is 0 Å². The lowest BCUT2D eigenvalue weighted by atomic mass is 10.1. The van der Waals surface area contributed by atoms with Gasteiger partial charge >= 0.3 is 6.09 Å². The summed E-state index contributed by atoms with van der Waals surface area (Å²) >= 11 is 0. The van der Waals surface area contributed by atoms with Gasteiger partial charge in [0, 0.05) is 25.0 Å². The van der Waals surface area contributed by atoms with Gasteiger partial charge < -0.3 is 19.7 Å². The van der Waals surface area contributed by atoms with E-state index in [1.807, 2.05) is 36.4 Å². The molecule has 0 radical (unpaired) electrons. The van der Waals surface area contributed by atoms with Crippen LogP contribution < -0.4 is 10.1 Å². The van der Waals surface area contributed by atoms with E-state index in [0.29, 0.717) is 25.7 Å². The van der Waals surface area contributed by atoms with Crippen molar-refractivity contribution in [2.24, 2.45) is 0 Å². The SMILES string of the molecule is O=C(O)NCCCOc1ccc(CP(=O)(CCCc2ccccc2)CCCc2ccccc2)cc1. The van der Waals surface area contributed by atoms with Crippen molar-refractivity contribution in [2.75, 3.05) is 25.5 Å². The van der Waals surface area contributed by atoms with Crippen molar-refractivity contribution in [3.05, 3.63) is 102 Å². The lowest BCUT2D eigenvalue weighted by Gasteiger charge is -2.19. The number of hydrogen-bond donors (Lipinski definition) is 2. The third-order valence-corrected chi connectivity index (χ3v) is 9.21. The maximum atomic E-state index is 14.1. The number of aryl methyl sites for hydroxylation is 2. The number of amides is 1. The second-order valence-corrected chi connectivity index (χ2v) is 12.2. The smallest absolute Gasteiger partial charge is 0.404 e. The third kappa shape index (κ3) is 10.4. The molecule has 5 nitrogen and oxygen atoms in total. The van der Waals surface area contributed by atoms with Gasteiger partial charge in [-0.2, -0.15) is 0 Å². The Bertz CT molecular complexity index is 1010. The minimum atomic E-state index is -2.37. The van der Waals surface area contributed by atoms with Crippen molar-refractivity contribution >= 4 is 13.2 Å². The normalized spacial score (nSPS) is 11.2. The van der Waals surface area contributed by atoms with Gasteiger partial charge in [0.05, 0.1) is 13.7 Å². The van der Waals surface area contributed by atoms with Crippen molar-refractivity contribution < 1.29 is 19.2 Å². The van der Waals surface area contributed by atoms with Crippen molar-refractivity contribution in [2.45, 2.75) is 38.3 Å². The van der Waals surface area contributed by atoms with Crippen LogP contribution in [0.15, 0.2) is 84.9 Å². The summed E-state index contributed by atoms with van der Waals surface area (Å²) < 4.78 is 19.8. The number of carboxylic acid groups (broad SMARTS) is 1. The number of nitrogens with one attached hydrogen (secondary N) is 1. The van der Waals surface area contributed by atoms with Crippen LogP contribution in [0.25, 0.3) is 0 Å². The topological polar surface area (TPSA) is 75.6 Å². The molecule has 0 aliphatic heterocycles. The Morgan fingerprint density at radius 1 is 0.743 bits per heavy atom. The van der Waals surface area contributed by atoms with Crippen LogP contribution in [0.3, 0.4) is 0 Å². The van der Waals surface area contributed by atoms with Crippen LogP contribution in [0.1, 0.15) is 36.0 Å². The first-order valence-electron chi connectivity index (χ1n) is 12.4. The molecule has 0 aliphatic rings. The van der Waals surface area contributed by atoms with Gasteiger partial charge in [0.25, 0.3) is 0 Å². The van der Waals surface area contributed by atoms with E-state index in [0.717, 1.165) is 49.3 Å². The van der Waals surface area contributed by atoms with Crippen LogP contribution in [0.4, 0.5) is 4.79 Å². The first kappa shape index (κ1) is 26.6. The van der Waals surface area contributed by atoms with Crippen LogP contribution >= 0.6 is 7.14 Å². The van der Waals surface area contributed by atoms with E-state index in [9.17, 15) is 9.36 Å². The van der Waals surface area contributed by atoms with Crippen LogP contribution in [0, 0.1) is 0 Å². The summed E-state index contributed by atoms with van der Waals surface area (Å²) in [5.74, 6) is 0.743. The Morgan fingerprint density at radius 2 is 1.29 bits per heavy atom. The van der Waals surface area contributed by atoms with Gasteiger partial charge in [0.2, 0.25) is 0 Å². The predicted octanol–water partition coefficient (Wildman–Crippen LogP) is 6.85. The van der Waals surface area contributed by atoms with E-state index in [1.165, 1.54) is 11.1 Å². The number of rotatable bonds is 15. The maximum absolute atomic E-state index is 14.1. The molecule has 0 unspecified atom stereocenters. The van der Waals surface area contributed by atoms with Gasteiger partial charge in [-0.3, -0.25) is 0 Å². The largest absolute Gasteiger partial charge is 0.494 e. The highest BCUT2D eigenvalue weighted by Crippen LogP contribution is 2.50. The average molecular weight is 494 g/mol. The van der Waals surface area contributed by atoms with Crippen LogP contribution in [0.2, 0.25) is 0 Å². The van der Waals surface area contributed by atoms with Gasteiger partial charge in [-0.25, -0.2) is 4.79 Å². The molecule has 35 heavy (non-hydrogen) atoms. The molecule has 3 aromatic carbocycles. The Morgan fingerprint density at radius 3 is 1.80 bits per heavy atom. The minimum Gasteiger partial charge on any atom is -0.494 e. The molecular formula is C29H36NO4P. The molecule has 0 aromatic heterocycles. The fourth-order valence-corrected chi connectivity index (χ4v) is 7.07. The molecule has 2 N–H and O–H groups in total. The molecule has 0 spiro atoms. The molecular weight excluding hydrogens is 457 g/mol. The van der Waals surface area contributed by atoms with Gasteiger partial charge in [-0.05, 0) is 60.9 Å². The fourth-order valence-electron chi connectivity index (χ4n) is 4.18. The van der Waals surface area contributed by atoms with Gasteiger partial charge in [-0.1, -0.05) is 72.8 Å². The number of ether oxygens (including phenoxy) is 1. The Kier molecular flexibility index (Phi) is 10.9.